The maximum atomic E-state index is 12.1. The Balaban J connectivity index is 2.24. The van der Waals surface area contributed by atoms with Crippen molar-refractivity contribution in [2.45, 2.75) is 26.5 Å². The van der Waals surface area contributed by atoms with Crippen LogP contribution in [0.25, 0.3) is 0 Å². The van der Waals surface area contributed by atoms with Gasteiger partial charge in [-0.3, -0.25) is 4.79 Å². The summed E-state index contributed by atoms with van der Waals surface area (Å²) in [6.07, 6.45) is 0. The highest BCUT2D eigenvalue weighted by Crippen LogP contribution is 2.24. The van der Waals surface area contributed by atoms with Crippen molar-refractivity contribution >= 4 is 11.6 Å². The number of carbonyl (C=O) groups excluding carboxylic acids is 1. The van der Waals surface area contributed by atoms with Crippen molar-refractivity contribution in [2.75, 3.05) is 19.4 Å². The summed E-state index contributed by atoms with van der Waals surface area (Å²) in [6, 6.07) is 13.6. The predicted octanol–water partition coefficient (Wildman–Crippen LogP) is 3.36. The fourth-order valence-electron chi connectivity index (χ4n) is 2.45. The summed E-state index contributed by atoms with van der Waals surface area (Å²) in [5.41, 5.74) is 4.69. The van der Waals surface area contributed by atoms with E-state index >= 15 is 0 Å². The quantitative estimate of drug-likeness (QED) is 0.890. The van der Waals surface area contributed by atoms with E-state index in [9.17, 15) is 9.90 Å². The van der Waals surface area contributed by atoms with E-state index in [2.05, 4.69) is 12.2 Å². The fraction of sp³-hybridized carbons (Fsp3) is 0.316. The Hall–Kier alpha value is -2.33. The van der Waals surface area contributed by atoms with Gasteiger partial charge in [0.2, 0.25) is 0 Å². The van der Waals surface area contributed by atoms with E-state index in [0.29, 0.717) is 5.56 Å². The monoisotopic (exact) mass is 312 g/mol. The smallest absolute Gasteiger partial charge is 0.253 e. The number of aliphatic hydroxyl groups excluding tert-OH is 1. The lowest BCUT2D eigenvalue weighted by Gasteiger charge is -2.19. The zero-order valence-electron chi connectivity index (χ0n) is 14.1. The van der Waals surface area contributed by atoms with Crippen LogP contribution >= 0.6 is 0 Å². The van der Waals surface area contributed by atoms with Crippen LogP contribution in [0.15, 0.2) is 42.5 Å². The van der Waals surface area contributed by atoms with E-state index in [1.165, 1.54) is 0 Å². The Labute approximate surface area is 137 Å². The summed E-state index contributed by atoms with van der Waals surface area (Å²) in [7, 11) is 3.50. The van der Waals surface area contributed by atoms with Crippen LogP contribution in [0, 0.1) is 6.92 Å². The van der Waals surface area contributed by atoms with Gasteiger partial charge in [0, 0.05) is 31.4 Å². The summed E-state index contributed by atoms with van der Waals surface area (Å²) in [5, 5.41) is 12.7. The molecule has 0 radical (unpaired) electrons. The fourth-order valence-corrected chi connectivity index (χ4v) is 2.45. The molecular formula is C19H24N2O2. The summed E-state index contributed by atoms with van der Waals surface area (Å²) >= 11 is 0. The van der Waals surface area contributed by atoms with Gasteiger partial charge in [0.1, 0.15) is 0 Å². The van der Waals surface area contributed by atoms with Gasteiger partial charge in [-0.2, -0.15) is 0 Å². The number of rotatable bonds is 5. The van der Waals surface area contributed by atoms with Crippen molar-refractivity contribution in [1.82, 2.24) is 4.90 Å². The molecule has 122 valence electrons. The molecule has 2 rings (SSSR count). The zero-order valence-corrected chi connectivity index (χ0v) is 14.1. The van der Waals surface area contributed by atoms with Gasteiger partial charge in [0.25, 0.3) is 5.91 Å². The third-order valence-electron chi connectivity index (χ3n) is 3.90. The third-order valence-corrected chi connectivity index (χ3v) is 3.90. The minimum Gasteiger partial charge on any atom is -0.392 e. The summed E-state index contributed by atoms with van der Waals surface area (Å²) in [6.45, 7) is 4.12. The largest absolute Gasteiger partial charge is 0.392 e. The molecule has 1 unspecified atom stereocenters. The lowest BCUT2D eigenvalue weighted by Crippen LogP contribution is -2.22. The topological polar surface area (TPSA) is 52.6 Å². The van der Waals surface area contributed by atoms with E-state index in [1.54, 1.807) is 19.0 Å². The molecule has 2 aromatic rings. The third kappa shape index (κ3) is 4.11. The molecule has 0 aliphatic rings. The molecule has 0 spiro atoms. The molecule has 0 fully saturated rings. The molecule has 0 saturated heterocycles. The van der Waals surface area contributed by atoms with Crippen molar-refractivity contribution < 1.29 is 9.90 Å². The summed E-state index contributed by atoms with van der Waals surface area (Å²) in [5.74, 6) is -0.0111. The molecule has 0 aromatic heterocycles. The van der Waals surface area contributed by atoms with Gasteiger partial charge in [-0.25, -0.2) is 0 Å². The van der Waals surface area contributed by atoms with Crippen LogP contribution in [0.5, 0.6) is 0 Å². The SMILES string of the molecule is Cc1ccc(C(=O)N(C)C)cc1NC(C)c1cccc(CO)c1. The summed E-state index contributed by atoms with van der Waals surface area (Å²) < 4.78 is 0. The van der Waals surface area contributed by atoms with Gasteiger partial charge in [-0.05, 0) is 42.7 Å². The van der Waals surface area contributed by atoms with Crippen LogP contribution in [0.2, 0.25) is 0 Å². The maximum Gasteiger partial charge on any atom is 0.253 e. The van der Waals surface area contributed by atoms with Gasteiger partial charge in [-0.1, -0.05) is 30.3 Å². The second-order valence-corrected chi connectivity index (χ2v) is 6.00. The molecule has 1 amide bonds. The Morgan fingerprint density at radius 1 is 1.22 bits per heavy atom. The zero-order chi connectivity index (χ0) is 17.0. The van der Waals surface area contributed by atoms with E-state index < -0.39 is 0 Å². The van der Waals surface area contributed by atoms with Gasteiger partial charge >= 0.3 is 0 Å². The number of nitrogens with zero attached hydrogens (tertiary/aromatic N) is 1. The van der Waals surface area contributed by atoms with Gasteiger partial charge in [0.15, 0.2) is 0 Å². The van der Waals surface area contributed by atoms with Crippen LogP contribution < -0.4 is 5.32 Å². The molecule has 1 atom stereocenters. The molecular weight excluding hydrogens is 288 g/mol. The van der Waals surface area contributed by atoms with Crippen LogP contribution in [0.3, 0.4) is 0 Å². The maximum absolute atomic E-state index is 12.1. The first-order valence-corrected chi connectivity index (χ1v) is 7.71. The van der Waals surface area contributed by atoms with Gasteiger partial charge in [-0.15, -0.1) is 0 Å². The average Bonchev–Trinajstić information content (AvgIpc) is 2.56. The van der Waals surface area contributed by atoms with E-state index in [-0.39, 0.29) is 18.6 Å². The molecule has 4 nitrogen and oxygen atoms in total. The second kappa shape index (κ2) is 7.29. The number of aliphatic hydroxyl groups is 1. The average molecular weight is 312 g/mol. The van der Waals surface area contributed by atoms with Gasteiger partial charge in [0.05, 0.1) is 6.61 Å². The number of benzene rings is 2. The van der Waals surface area contributed by atoms with Crippen molar-refractivity contribution in [3.63, 3.8) is 0 Å². The number of nitrogens with one attached hydrogen (secondary N) is 1. The molecule has 4 heteroatoms. The number of hydrogen-bond donors (Lipinski definition) is 2. The van der Waals surface area contributed by atoms with Crippen LogP contribution in [-0.2, 0) is 6.61 Å². The number of hydrogen-bond acceptors (Lipinski definition) is 3. The predicted molar refractivity (Wildman–Crippen MR) is 93.6 cm³/mol. The van der Waals surface area contributed by atoms with Crippen LogP contribution in [-0.4, -0.2) is 30.0 Å². The molecule has 0 heterocycles. The highest BCUT2D eigenvalue weighted by molar-refractivity contribution is 5.95. The van der Waals surface area contributed by atoms with Crippen LogP contribution in [0.1, 0.15) is 40.0 Å². The molecule has 23 heavy (non-hydrogen) atoms. The Kier molecular flexibility index (Phi) is 5.40. The second-order valence-electron chi connectivity index (χ2n) is 6.00. The normalized spacial score (nSPS) is 11.9. The Morgan fingerprint density at radius 3 is 2.61 bits per heavy atom. The Bertz CT molecular complexity index is 696. The molecule has 0 bridgehead atoms. The van der Waals surface area contributed by atoms with E-state index in [1.807, 2.05) is 49.4 Å². The number of amides is 1. The highest BCUT2D eigenvalue weighted by atomic mass is 16.3. The molecule has 0 aliphatic carbocycles. The lowest BCUT2D eigenvalue weighted by atomic mass is 10.0. The van der Waals surface area contributed by atoms with Crippen molar-refractivity contribution in [2.24, 2.45) is 0 Å². The number of anilines is 1. The van der Waals surface area contributed by atoms with E-state index in [4.69, 9.17) is 0 Å². The molecule has 2 aromatic carbocycles. The first kappa shape index (κ1) is 17.0. The minimum absolute atomic E-state index is 0.0111. The van der Waals surface area contributed by atoms with Crippen molar-refractivity contribution in [3.8, 4) is 0 Å². The van der Waals surface area contributed by atoms with Crippen LogP contribution in [0.4, 0.5) is 5.69 Å². The summed E-state index contributed by atoms with van der Waals surface area (Å²) in [4.78, 5) is 13.7. The van der Waals surface area contributed by atoms with Crippen molar-refractivity contribution in [1.29, 1.82) is 0 Å². The number of carbonyl (C=O) groups is 1. The van der Waals surface area contributed by atoms with Gasteiger partial charge < -0.3 is 15.3 Å². The standard InChI is InChI=1S/C19H24N2O2/c1-13-8-9-17(19(23)21(3)4)11-18(13)20-14(2)16-7-5-6-15(10-16)12-22/h5-11,14,20,22H,12H2,1-4H3. The molecule has 0 saturated carbocycles. The first-order valence-electron chi connectivity index (χ1n) is 7.71. The Morgan fingerprint density at radius 2 is 1.96 bits per heavy atom. The highest BCUT2D eigenvalue weighted by Gasteiger charge is 2.12. The minimum atomic E-state index is -0.0111. The molecule has 0 aliphatic heterocycles. The number of aryl methyl sites for hydroxylation is 1. The molecule has 2 N–H and O–H groups in total. The lowest BCUT2D eigenvalue weighted by molar-refractivity contribution is 0.0827. The van der Waals surface area contributed by atoms with Crippen molar-refractivity contribution in [3.05, 3.63) is 64.7 Å². The first-order chi connectivity index (χ1) is 10.9. The van der Waals surface area contributed by atoms with E-state index in [0.717, 1.165) is 22.4 Å².